The Labute approximate surface area is 165 Å². The molecule has 28 heavy (non-hydrogen) atoms. The number of amides is 1. The lowest BCUT2D eigenvalue weighted by molar-refractivity contribution is -0.125. The number of carbonyl (C=O) groups is 3. The number of aryl methyl sites for hydroxylation is 3. The quantitative estimate of drug-likeness (QED) is 0.791. The van der Waals surface area contributed by atoms with Crippen LogP contribution in [-0.2, 0) is 19.2 Å². The minimum absolute atomic E-state index is 0.0216. The van der Waals surface area contributed by atoms with Crippen LogP contribution in [0.2, 0.25) is 0 Å². The number of hydrogen-bond acceptors (Lipinski definition) is 5. The third kappa shape index (κ3) is 4.01. The Morgan fingerprint density at radius 2 is 1.86 bits per heavy atom. The van der Waals surface area contributed by atoms with Crippen molar-refractivity contribution in [1.82, 2.24) is 5.32 Å². The molecule has 6 heteroatoms. The Kier molecular flexibility index (Phi) is 5.41. The van der Waals surface area contributed by atoms with Crippen molar-refractivity contribution < 1.29 is 19.2 Å². The molecule has 0 spiro atoms. The number of rotatable bonds is 5. The van der Waals surface area contributed by atoms with Crippen LogP contribution in [0.15, 0.2) is 17.3 Å². The minimum atomic E-state index is -0.672. The summed E-state index contributed by atoms with van der Waals surface area (Å²) in [6.45, 7) is 9.99. The normalized spacial score (nSPS) is 23.5. The van der Waals surface area contributed by atoms with Crippen molar-refractivity contribution in [2.24, 2.45) is 11.1 Å². The maximum atomic E-state index is 12.9. The second-order valence-corrected chi connectivity index (χ2v) is 8.63. The highest BCUT2D eigenvalue weighted by atomic mass is 16.7. The van der Waals surface area contributed by atoms with Gasteiger partial charge in [-0.15, -0.1) is 0 Å². The number of nitrogens with one attached hydrogen (secondary N) is 1. The van der Waals surface area contributed by atoms with Gasteiger partial charge in [0.2, 0.25) is 0 Å². The summed E-state index contributed by atoms with van der Waals surface area (Å²) in [6.07, 6.45) is 1.14. The van der Waals surface area contributed by atoms with Crippen molar-refractivity contribution in [3.8, 4) is 0 Å². The second-order valence-electron chi connectivity index (χ2n) is 8.63. The van der Waals surface area contributed by atoms with Gasteiger partial charge in [0.25, 0.3) is 5.91 Å². The van der Waals surface area contributed by atoms with E-state index >= 15 is 0 Å². The van der Waals surface area contributed by atoms with Gasteiger partial charge in [0.15, 0.2) is 5.78 Å². The van der Waals surface area contributed by atoms with Crippen LogP contribution < -0.4 is 5.32 Å². The van der Waals surface area contributed by atoms with E-state index in [0.717, 1.165) is 22.3 Å². The van der Waals surface area contributed by atoms with Gasteiger partial charge in [-0.25, -0.2) is 0 Å². The summed E-state index contributed by atoms with van der Waals surface area (Å²) in [5.41, 5.74) is 3.85. The predicted molar refractivity (Wildman–Crippen MR) is 106 cm³/mol. The van der Waals surface area contributed by atoms with Crippen molar-refractivity contribution >= 4 is 23.2 Å². The van der Waals surface area contributed by atoms with Gasteiger partial charge in [-0.1, -0.05) is 22.9 Å². The molecule has 1 saturated carbocycles. The standard InChI is InChI=1S/C22H28N2O4/c1-12-8-13(2)18(14(3)9-12)19-17(25)10-15(20(19)26)6-7-23-21(27)16-11-22(4,5)28-24-16/h8-9,15,19H,6-7,10-11H2,1-5H3,(H,23,27)/t15-,19?/m0/s1. The fraction of sp³-hybridized carbons (Fsp3) is 0.545. The molecule has 150 valence electrons. The van der Waals surface area contributed by atoms with E-state index in [0.29, 0.717) is 25.1 Å². The summed E-state index contributed by atoms with van der Waals surface area (Å²) in [4.78, 5) is 43.0. The number of carbonyl (C=O) groups excluding carboxylic acids is 3. The van der Waals surface area contributed by atoms with E-state index in [1.807, 2.05) is 46.8 Å². The first-order chi connectivity index (χ1) is 13.1. The average Bonchev–Trinajstić information content (AvgIpc) is 3.08. The van der Waals surface area contributed by atoms with E-state index in [1.165, 1.54) is 0 Å². The minimum Gasteiger partial charge on any atom is -0.389 e. The van der Waals surface area contributed by atoms with Gasteiger partial charge in [-0.05, 0) is 57.7 Å². The zero-order valence-electron chi connectivity index (χ0n) is 17.2. The Hall–Kier alpha value is -2.50. The first-order valence-corrected chi connectivity index (χ1v) is 9.76. The molecular weight excluding hydrogens is 356 g/mol. The third-order valence-corrected chi connectivity index (χ3v) is 5.52. The van der Waals surface area contributed by atoms with E-state index in [2.05, 4.69) is 10.5 Å². The smallest absolute Gasteiger partial charge is 0.269 e. The zero-order valence-corrected chi connectivity index (χ0v) is 17.2. The van der Waals surface area contributed by atoms with Gasteiger partial charge in [0.05, 0.1) is 0 Å². The fourth-order valence-corrected chi connectivity index (χ4v) is 4.28. The van der Waals surface area contributed by atoms with Crippen LogP contribution in [0.1, 0.15) is 61.3 Å². The topological polar surface area (TPSA) is 84.8 Å². The van der Waals surface area contributed by atoms with Crippen LogP contribution in [0.25, 0.3) is 0 Å². The van der Waals surface area contributed by atoms with Crippen LogP contribution in [0.3, 0.4) is 0 Å². The molecule has 1 heterocycles. The molecule has 0 bridgehead atoms. The first kappa shape index (κ1) is 20.2. The largest absolute Gasteiger partial charge is 0.389 e. The molecule has 1 amide bonds. The summed E-state index contributed by atoms with van der Waals surface area (Å²) in [5, 5.41) is 6.62. The molecule has 1 fully saturated rings. The maximum Gasteiger partial charge on any atom is 0.269 e. The predicted octanol–water partition coefficient (Wildman–Crippen LogP) is 2.91. The second kappa shape index (κ2) is 7.49. The van der Waals surface area contributed by atoms with Crippen molar-refractivity contribution in [3.05, 3.63) is 34.4 Å². The van der Waals surface area contributed by atoms with Crippen LogP contribution in [0.4, 0.5) is 0 Å². The fourth-order valence-electron chi connectivity index (χ4n) is 4.28. The molecule has 1 aliphatic heterocycles. The molecule has 3 rings (SSSR count). The first-order valence-electron chi connectivity index (χ1n) is 9.76. The molecule has 6 nitrogen and oxygen atoms in total. The molecule has 1 N–H and O–H groups in total. The van der Waals surface area contributed by atoms with Gasteiger partial charge in [-0.3, -0.25) is 14.4 Å². The molecule has 1 aliphatic carbocycles. The molecule has 0 radical (unpaired) electrons. The van der Waals surface area contributed by atoms with Gasteiger partial charge >= 0.3 is 0 Å². The molecule has 1 unspecified atom stereocenters. The SMILES string of the molecule is Cc1cc(C)c(C2C(=O)C[C@H](CCNC(=O)C3=NOC(C)(C)C3)C2=O)c(C)c1. The number of hydrogen-bond donors (Lipinski definition) is 1. The molecule has 1 aromatic rings. The summed E-state index contributed by atoms with van der Waals surface area (Å²) in [6, 6.07) is 4.03. The van der Waals surface area contributed by atoms with Gasteiger partial charge < -0.3 is 10.2 Å². The number of ketones is 2. The highest BCUT2D eigenvalue weighted by Crippen LogP contribution is 2.37. The van der Waals surface area contributed by atoms with Gasteiger partial charge in [0.1, 0.15) is 23.0 Å². The molecule has 1 aromatic carbocycles. The van der Waals surface area contributed by atoms with Crippen molar-refractivity contribution in [2.45, 2.75) is 65.4 Å². The molecule has 2 atom stereocenters. The third-order valence-electron chi connectivity index (χ3n) is 5.52. The van der Waals surface area contributed by atoms with Crippen LogP contribution in [0, 0.1) is 26.7 Å². The summed E-state index contributed by atoms with van der Waals surface area (Å²) in [5.74, 6) is -1.35. The summed E-state index contributed by atoms with van der Waals surface area (Å²) in [7, 11) is 0. The van der Waals surface area contributed by atoms with Crippen LogP contribution in [0.5, 0.6) is 0 Å². The highest BCUT2D eigenvalue weighted by molar-refractivity contribution is 6.39. The lowest BCUT2D eigenvalue weighted by atomic mass is 9.86. The van der Waals surface area contributed by atoms with Crippen LogP contribution in [-0.4, -0.2) is 35.3 Å². The number of benzene rings is 1. The van der Waals surface area contributed by atoms with Gasteiger partial charge in [-0.2, -0.15) is 0 Å². The maximum absolute atomic E-state index is 12.9. The average molecular weight is 384 g/mol. The number of oxime groups is 1. The molecular formula is C22H28N2O4. The van der Waals surface area contributed by atoms with E-state index in [9.17, 15) is 14.4 Å². The Morgan fingerprint density at radius 3 is 2.43 bits per heavy atom. The van der Waals surface area contributed by atoms with Crippen molar-refractivity contribution in [3.63, 3.8) is 0 Å². The number of Topliss-reactive ketones (excluding diaryl/α,β-unsaturated/α-hetero) is 2. The van der Waals surface area contributed by atoms with Crippen LogP contribution >= 0.6 is 0 Å². The Bertz CT molecular complexity index is 846. The summed E-state index contributed by atoms with van der Waals surface area (Å²) < 4.78 is 0. The summed E-state index contributed by atoms with van der Waals surface area (Å²) >= 11 is 0. The Balaban J connectivity index is 1.61. The molecule has 2 aliphatic rings. The van der Waals surface area contributed by atoms with Crippen molar-refractivity contribution in [1.29, 1.82) is 0 Å². The van der Waals surface area contributed by atoms with Gasteiger partial charge in [0, 0.05) is 25.3 Å². The lowest BCUT2D eigenvalue weighted by Crippen LogP contribution is -2.34. The Morgan fingerprint density at radius 1 is 1.21 bits per heavy atom. The molecule has 0 aromatic heterocycles. The number of nitrogens with zero attached hydrogens (tertiary/aromatic N) is 1. The highest BCUT2D eigenvalue weighted by Gasteiger charge is 2.43. The lowest BCUT2D eigenvalue weighted by Gasteiger charge is -2.16. The zero-order chi connectivity index (χ0) is 20.6. The van der Waals surface area contributed by atoms with E-state index in [1.54, 1.807) is 0 Å². The monoisotopic (exact) mass is 384 g/mol. The van der Waals surface area contributed by atoms with E-state index in [4.69, 9.17) is 4.84 Å². The molecule has 0 saturated heterocycles. The van der Waals surface area contributed by atoms with E-state index < -0.39 is 11.5 Å². The van der Waals surface area contributed by atoms with Crippen molar-refractivity contribution in [2.75, 3.05) is 6.54 Å². The van der Waals surface area contributed by atoms with E-state index in [-0.39, 0.29) is 29.8 Å².